The molecule has 0 radical (unpaired) electrons. The van der Waals surface area contributed by atoms with Crippen molar-refractivity contribution in [2.75, 3.05) is 30.0 Å². The zero-order valence-corrected chi connectivity index (χ0v) is 21.3. The van der Waals surface area contributed by atoms with E-state index in [0.29, 0.717) is 5.82 Å². The van der Waals surface area contributed by atoms with Crippen molar-refractivity contribution in [3.8, 4) is 21.1 Å². The summed E-state index contributed by atoms with van der Waals surface area (Å²) in [6.07, 6.45) is 0. The molecule has 0 saturated carbocycles. The van der Waals surface area contributed by atoms with Crippen LogP contribution in [0.2, 0.25) is 0 Å². The molecule has 4 rings (SSSR count). The lowest BCUT2D eigenvalue weighted by Gasteiger charge is -2.17. The van der Waals surface area contributed by atoms with E-state index in [2.05, 4.69) is 67.3 Å². The van der Waals surface area contributed by atoms with Crippen LogP contribution < -0.4 is 16.0 Å². The van der Waals surface area contributed by atoms with Gasteiger partial charge in [0.15, 0.2) is 5.13 Å². The van der Waals surface area contributed by atoms with Gasteiger partial charge in [-0.05, 0) is 86.7 Å². The minimum Gasteiger partial charge on any atom is -0.382 e. The zero-order chi connectivity index (χ0) is 23.2. The maximum Gasteiger partial charge on any atom is 0.189 e. The number of hydrogen-bond acceptors (Lipinski definition) is 7. The average Bonchev–Trinajstić information content (AvgIpc) is 3.38. The molecule has 0 bridgehead atoms. The Bertz CT molecular complexity index is 1250. The molecule has 0 aliphatic heterocycles. The average molecular weight is 464 g/mol. The third-order valence-electron chi connectivity index (χ3n) is 6.24. The van der Waals surface area contributed by atoms with Crippen LogP contribution in [0.5, 0.6) is 0 Å². The summed E-state index contributed by atoms with van der Waals surface area (Å²) in [5.41, 5.74) is 17.3. The van der Waals surface area contributed by atoms with E-state index in [0.717, 1.165) is 32.1 Å². The molecule has 0 atom stereocenters. The summed E-state index contributed by atoms with van der Waals surface area (Å²) in [6, 6.07) is 8.23. The third kappa shape index (κ3) is 3.98. The maximum atomic E-state index is 6.29. The number of benzene rings is 2. The van der Waals surface area contributed by atoms with Crippen LogP contribution in [0.15, 0.2) is 29.6 Å². The van der Waals surface area contributed by atoms with Crippen molar-refractivity contribution < 1.29 is 0 Å². The van der Waals surface area contributed by atoms with Gasteiger partial charge in [-0.25, -0.2) is 9.97 Å². The Hall–Kier alpha value is -2.90. The van der Waals surface area contributed by atoms with E-state index in [9.17, 15) is 0 Å². The molecule has 2 aromatic carbocycles. The monoisotopic (exact) mass is 463 g/mol. The quantitative estimate of drug-likeness (QED) is 0.338. The van der Waals surface area contributed by atoms with E-state index < -0.39 is 0 Å². The van der Waals surface area contributed by atoms with Crippen molar-refractivity contribution in [2.24, 2.45) is 0 Å². The minimum atomic E-state index is 0.507. The van der Waals surface area contributed by atoms with Crippen LogP contribution in [0.25, 0.3) is 21.1 Å². The van der Waals surface area contributed by atoms with Gasteiger partial charge in [0.2, 0.25) is 0 Å². The van der Waals surface area contributed by atoms with Crippen molar-refractivity contribution in [1.82, 2.24) is 9.97 Å². The molecule has 32 heavy (non-hydrogen) atoms. The third-order valence-corrected chi connectivity index (χ3v) is 8.23. The van der Waals surface area contributed by atoms with Gasteiger partial charge in [0.1, 0.15) is 15.7 Å². The number of hydrogen-bond donors (Lipinski definition) is 2. The summed E-state index contributed by atoms with van der Waals surface area (Å²) in [6.45, 7) is 11.0. The van der Waals surface area contributed by atoms with Crippen LogP contribution in [-0.2, 0) is 0 Å². The summed E-state index contributed by atoms with van der Waals surface area (Å²) in [5, 5.41) is 7.16. The first-order valence-corrected chi connectivity index (χ1v) is 12.2. The van der Waals surface area contributed by atoms with Gasteiger partial charge in [-0.15, -0.1) is 11.3 Å². The van der Waals surface area contributed by atoms with E-state index in [1.165, 1.54) is 44.7 Å². The van der Waals surface area contributed by atoms with E-state index in [4.69, 9.17) is 10.7 Å². The lowest BCUT2D eigenvalue weighted by molar-refractivity contribution is 1.13. The molecule has 0 saturated heterocycles. The number of nitrogen functional groups attached to an aromatic ring is 1. The number of rotatable bonds is 5. The predicted molar refractivity (Wildman–Crippen MR) is 141 cm³/mol. The second-order valence-corrected chi connectivity index (χ2v) is 10.2. The maximum absolute atomic E-state index is 6.29. The fourth-order valence-electron chi connectivity index (χ4n) is 3.88. The normalized spacial score (nSPS) is 11.1. The van der Waals surface area contributed by atoms with Crippen LogP contribution in [0, 0.1) is 34.6 Å². The highest BCUT2D eigenvalue weighted by Crippen LogP contribution is 2.41. The molecule has 5 nitrogen and oxygen atoms in total. The lowest BCUT2D eigenvalue weighted by Crippen LogP contribution is -2.08. The van der Waals surface area contributed by atoms with Gasteiger partial charge in [0.05, 0.1) is 5.69 Å². The number of aromatic nitrogens is 2. The molecule has 0 fully saturated rings. The summed E-state index contributed by atoms with van der Waals surface area (Å²) >= 11 is 3.15. The van der Waals surface area contributed by atoms with Gasteiger partial charge in [0, 0.05) is 36.4 Å². The van der Waals surface area contributed by atoms with Gasteiger partial charge >= 0.3 is 0 Å². The Morgan fingerprint density at radius 3 is 2.03 bits per heavy atom. The van der Waals surface area contributed by atoms with E-state index in [1.807, 2.05) is 26.2 Å². The van der Waals surface area contributed by atoms with Gasteiger partial charge in [0.25, 0.3) is 0 Å². The van der Waals surface area contributed by atoms with Crippen LogP contribution in [0.3, 0.4) is 0 Å². The Balaban J connectivity index is 1.64. The first-order chi connectivity index (χ1) is 15.2. The molecule has 3 N–H and O–H groups in total. The second-order valence-electron chi connectivity index (χ2n) is 8.34. The van der Waals surface area contributed by atoms with Gasteiger partial charge in [-0.1, -0.05) is 11.3 Å². The van der Waals surface area contributed by atoms with E-state index in [-0.39, 0.29) is 0 Å². The molecule has 0 amide bonds. The molecule has 2 heterocycles. The molecule has 0 spiro atoms. The lowest BCUT2D eigenvalue weighted by atomic mass is 9.88. The Morgan fingerprint density at radius 1 is 0.844 bits per heavy atom. The number of anilines is 4. The second kappa shape index (κ2) is 8.56. The van der Waals surface area contributed by atoms with Gasteiger partial charge in [-0.2, -0.15) is 0 Å². The van der Waals surface area contributed by atoms with Crippen LogP contribution in [-0.4, -0.2) is 24.1 Å². The smallest absolute Gasteiger partial charge is 0.189 e. The molecule has 4 aromatic rings. The molecular formula is C25H29N5S2. The topological polar surface area (TPSA) is 67.1 Å². The molecule has 166 valence electrons. The molecule has 0 aliphatic carbocycles. The Kier molecular flexibility index (Phi) is 5.97. The first-order valence-electron chi connectivity index (χ1n) is 10.5. The summed E-state index contributed by atoms with van der Waals surface area (Å²) in [4.78, 5) is 12.5. The summed E-state index contributed by atoms with van der Waals surface area (Å²) in [7, 11) is 4.06. The van der Waals surface area contributed by atoms with Crippen molar-refractivity contribution in [3.63, 3.8) is 0 Å². The summed E-state index contributed by atoms with van der Waals surface area (Å²) < 4.78 is 0. The fourth-order valence-corrected chi connectivity index (χ4v) is 5.70. The molecular weight excluding hydrogens is 434 g/mol. The number of nitrogens with two attached hydrogens (primary N) is 1. The van der Waals surface area contributed by atoms with Gasteiger partial charge in [-0.3, -0.25) is 0 Å². The zero-order valence-electron chi connectivity index (χ0n) is 19.6. The molecule has 7 heteroatoms. The van der Waals surface area contributed by atoms with Crippen LogP contribution >= 0.6 is 22.7 Å². The van der Waals surface area contributed by atoms with Crippen molar-refractivity contribution in [3.05, 3.63) is 57.5 Å². The molecule has 2 aromatic heterocycles. The van der Waals surface area contributed by atoms with Crippen LogP contribution in [0.1, 0.15) is 27.8 Å². The van der Waals surface area contributed by atoms with Crippen molar-refractivity contribution in [2.45, 2.75) is 34.6 Å². The highest BCUT2D eigenvalue weighted by Gasteiger charge is 2.19. The summed E-state index contributed by atoms with van der Waals surface area (Å²) in [5.74, 6) is 0.507. The first kappa shape index (κ1) is 22.3. The highest BCUT2D eigenvalue weighted by atomic mass is 32.1. The highest BCUT2D eigenvalue weighted by molar-refractivity contribution is 7.23. The number of nitrogens with zero attached hydrogens (tertiary/aromatic N) is 3. The largest absolute Gasteiger partial charge is 0.382 e. The fraction of sp³-hybridized carbons (Fsp3) is 0.280. The molecule has 0 aliphatic rings. The van der Waals surface area contributed by atoms with Crippen molar-refractivity contribution in [1.29, 1.82) is 0 Å². The predicted octanol–water partition coefficient (Wildman–Crippen LogP) is 6.87. The van der Waals surface area contributed by atoms with E-state index >= 15 is 0 Å². The van der Waals surface area contributed by atoms with Crippen molar-refractivity contribution >= 4 is 45.0 Å². The Labute approximate surface area is 198 Å². The number of nitrogens with one attached hydrogen (secondary N) is 1. The van der Waals surface area contributed by atoms with Crippen LogP contribution in [0.4, 0.5) is 22.3 Å². The standard InChI is InChI=1S/C25H29N5S2/c1-13-14(2)16(4)21(17(5)15(13)3)20-12-31-24(28-20)22-23(26)29-25(32-22)27-18-8-10-19(11-9-18)30(6)7/h8-12H,26H2,1-7H3,(H,27,29). The number of thiazole rings is 2. The molecule has 0 unspecified atom stereocenters. The minimum absolute atomic E-state index is 0.507. The Morgan fingerprint density at radius 2 is 1.44 bits per heavy atom. The van der Waals surface area contributed by atoms with Gasteiger partial charge < -0.3 is 16.0 Å². The SMILES string of the molecule is Cc1c(C)c(C)c(-c2csc(-c3sc(Nc4ccc(N(C)C)cc4)nc3N)n2)c(C)c1C. The van der Waals surface area contributed by atoms with E-state index in [1.54, 1.807) is 11.3 Å².